The van der Waals surface area contributed by atoms with Gasteiger partial charge in [-0.15, -0.1) is 0 Å². The van der Waals surface area contributed by atoms with E-state index in [-0.39, 0.29) is 6.61 Å². The second kappa shape index (κ2) is 9.14. The Morgan fingerprint density at radius 2 is 2.04 bits per heavy atom. The van der Waals surface area contributed by atoms with Gasteiger partial charge in [-0.05, 0) is 44.7 Å². The largest absolute Gasteiger partial charge is 0.462 e. The molecule has 150 valence electrons. The van der Waals surface area contributed by atoms with E-state index in [1.807, 2.05) is 12.1 Å². The summed E-state index contributed by atoms with van der Waals surface area (Å²) in [6, 6.07) is 7.69. The van der Waals surface area contributed by atoms with Gasteiger partial charge in [0.2, 0.25) is 0 Å². The summed E-state index contributed by atoms with van der Waals surface area (Å²) in [6.45, 7) is 4.07. The monoisotopic (exact) mass is 383 g/mol. The lowest BCUT2D eigenvalue weighted by Gasteiger charge is -2.25. The molecular weight excluding hydrogens is 354 g/mol. The number of nitrogens with zero attached hydrogens (tertiary/aromatic N) is 1. The predicted molar refractivity (Wildman–Crippen MR) is 107 cm³/mol. The number of esters is 1. The lowest BCUT2D eigenvalue weighted by molar-refractivity contribution is -0.157. The van der Waals surface area contributed by atoms with Crippen molar-refractivity contribution in [2.75, 3.05) is 6.61 Å². The normalized spacial score (nSPS) is 15.5. The Morgan fingerprint density at radius 3 is 2.79 bits per heavy atom. The highest BCUT2D eigenvalue weighted by Gasteiger charge is 2.43. The van der Waals surface area contributed by atoms with E-state index in [0.29, 0.717) is 12.2 Å². The first-order valence-corrected chi connectivity index (χ1v) is 10.4. The third-order valence-electron chi connectivity index (χ3n) is 5.39. The van der Waals surface area contributed by atoms with Crippen LogP contribution in [0, 0.1) is 11.3 Å². The molecule has 0 N–H and O–H groups in total. The van der Waals surface area contributed by atoms with Crippen LogP contribution >= 0.6 is 0 Å². The van der Waals surface area contributed by atoms with Crippen molar-refractivity contribution in [1.82, 2.24) is 0 Å². The predicted octanol–water partition coefficient (Wildman–Crippen LogP) is 5.49. The van der Waals surface area contributed by atoms with E-state index in [1.165, 1.54) is 12.0 Å². The number of ether oxygens (including phenoxy) is 2. The molecular formula is C23H29NO4. The number of aryl methyl sites for hydroxylation is 2. The van der Waals surface area contributed by atoms with Crippen LogP contribution in [-0.2, 0) is 22.4 Å². The Morgan fingerprint density at radius 1 is 1.21 bits per heavy atom. The molecule has 5 nitrogen and oxygen atoms in total. The van der Waals surface area contributed by atoms with E-state index >= 15 is 0 Å². The number of furan rings is 1. The van der Waals surface area contributed by atoms with Crippen molar-refractivity contribution in [3.63, 3.8) is 0 Å². The Kier molecular flexibility index (Phi) is 6.61. The van der Waals surface area contributed by atoms with Crippen LogP contribution in [0.25, 0.3) is 11.0 Å². The molecule has 0 radical (unpaired) electrons. The van der Waals surface area contributed by atoms with Gasteiger partial charge < -0.3 is 13.9 Å². The molecule has 1 aliphatic carbocycles. The summed E-state index contributed by atoms with van der Waals surface area (Å²) in [7, 11) is 0. The summed E-state index contributed by atoms with van der Waals surface area (Å²) in [4.78, 5) is 12.6. The number of hydrogen-bond acceptors (Lipinski definition) is 5. The summed E-state index contributed by atoms with van der Waals surface area (Å²) in [5.41, 5.74) is 0.416. The molecule has 5 heteroatoms. The van der Waals surface area contributed by atoms with Crippen LogP contribution < -0.4 is 4.74 Å². The number of nitriles is 1. The van der Waals surface area contributed by atoms with Crippen LogP contribution in [0.4, 0.5) is 0 Å². The van der Waals surface area contributed by atoms with Gasteiger partial charge in [-0.1, -0.05) is 26.2 Å². The number of hydrogen-bond donors (Lipinski definition) is 0. The highest BCUT2D eigenvalue weighted by Crippen LogP contribution is 2.35. The SMILES string of the molecule is CCCCCCC(C#N)(Oc1ccc2c3c(oc2c1)CCCC3)C(=O)OCC. The molecule has 0 saturated carbocycles. The molecule has 0 bridgehead atoms. The zero-order valence-corrected chi connectivity index (χ0v) is 16.9. The molecule has 0 amide bonds. The third-order valence-corrected chi connectivity index (χ3v) is 5.39. The Bertz CT molecular complexity index is 863. The van der Waals surface area contributed by atoms with Gasteiger partial charge in [0.05, 0.1) is 6.61 Å². The first-order valence-electron chi connectivity index (χ1n) is 10.4. The van der Waals surface area contributed by atoms with Gasteiger partial charge in [0.25, 0.3) is 5.60 Å². The fourth-order valence-electron chi connectivity index (χ4n) is 3.88. The van der Waals surface area contributed by atoms with Gasteiger partial charge >= 0.3 is 5.97 Å². The summed E-state index contributed by atoms with van der Waals surface area (Å²) in [5, 5.41) is 10.9. The first-order chi connectivity index (χ1) is 13.6. The molecule has 28 heavy (non-hydrogen) atoms. The average Bonchev–Trinajstić information content (AvgIpc) is 3.08. The van der Waals surface area contributed by atoms with Crippen molar-refractivity contribution in [2.45, 2.75) is 77.2 Å². The number of rotatable bonds is 9. The smallest absolute Gasteiger partial charge is 0.365 e. The molecule has 0 spiro atoms. The first kappa shape index (κ1) is 20.3. The van der Waals surface area contributed by atoms with Gasteiger partial charge in [-0.25, -0.2) is 4.79 Å². The van der Waals surface area contributed by atoms with Gasteiger partial charge in [0.1, 0.15) is 23.2 Å². The summed E-state index contributed by atoms with van der Waals surface area (Å²) in [6.07, 6.45) is 8.47. The van der Waals surface area contributed by atoms with Crippen molar-refractivity contribution in [1.29, 1.82) is 5.26 Å². The van der Waals surface area contributed by atoms with E-state index in [2.05, 4.69) is 13.0 Å². The van der Waals surface area contributed by atoms with Crippen molar-refractivity contribution in [2.24, 2.45) is 0 Å². The summed E-state index contributed by atoms with van der Waals surface area (Å²) in [5.74, 6) is 0.895. The van der Waals surface area contributed by atoms with Crippen LogP contribution in [-0.4, -0.2) is 18.2 Å². The maximum atomic E-state index is 12.6. The lowest BCUT2D eigenvalue weighted by Crippen LogP contribution is -2.44. The van der Waals surface area contributed by atoms with Crippen LogP contribution in [0.15, 0.2) is 22.6 Å². The lowest BCUT2D eigenvalue weighted by atomic mass is 9.95. The standard InChI is InChI=1S/C23H29NO4/c1-3-5-6-9-14-23(16-24,22(25)26-4-2)28-17-12-13-19-18-10-7-8-11-20(18)27-21(19)15-17/h12-13,15H,3-11,14H2,1-2H3. The minimum Gasteiger partial charge on any atom is -0.462 e. The molecule has 3 rings (SSSR count). The highest BCUT2D eigenvalue weighted by atomic mass is 16.6. The minimum absolute atomic E-state index is 0.213. The van der Waals surface area contributed by atoms with Crippen molar-refractivity contribution >= 4 is 16.9 Å². The molecule has 1 aromatic carbocycles. The average molecular weight is 383 g/mol. The molecule has 1 unspecified atom stereocenters. The van der Waals surface area contributed by atoms with Crippen LogP contribution in [0.5, 0.6) is 5.75 Å². The quantitative estimate of drug-likeness (QED) is 0.423. The molecule has 1 atom stereocenters. The Balaban J connectivity index is 1.86. The maximum absolute atomic E-state index is 12.6. The Labute approximate surface area is 166 Å². The van der Waals surface area contributed by atoms with E-state index in [9.17, 15) is 10.1 Å². The molecule has 2 aromatic rings. The second-order valence-electron chi connectivity index (χ2n) is 7.44. The summed E-state index contributed by atoms with van der Waals surface area (Å²) >= 11 is 0. The van der Waals surface area contributed by atoms with Crippen molar-refractivity contribution in [3.8, 4) is 11.8 Å². The second-order valence-corrected chi connectivity index (χ2v) is 7.44. The zero-order valence-electron chi connectivity index (χ0n) is 16.9. The van der Waals surface area contributed by atoms with Crippen molar-refractivity contribution in [3.05, 3.63) is 29.5 Å². The number of benzene rings is 1. The van der Waals surface area contributed by atoms with E-state index in [4.69, 9.17) is 13.9 Å². The highest BCUT2D eigenvalue weighted by molar-refractivity contribution is 5.85. The number of carbonyl (C=O) groups excluding carboxylic acids is 1. The van der Waals surface area contributed by atoms with Crippen LogP contribution in [0.2, 0.25) is 0 Å². The molecule has 1 heterocycles. The van der Waals surface area contributed by atoms with E-state index in [1.54, 1.807) is 13.0 Å². The fourth-order valence-corrected chi connectivity index (χ4v) is 3.88. The molecule has 0 fully saturated rings. The topological polar surface area (TPSA) is 72.5 Å². The fraction of sp³-hybridized carbons (Fsp3) is 0.565. The van der Waals surface area contributed by atoms with E-state index < -0.39 is 11.6 Å². The van der Waals surface area contributed by atoms with Crippen LogP contribution in [0.1, 0.15) is 70.1 Å². The maximum Gasteiger partial charge on any atom is 0.365 e. The van der Waals surface area contributed by atoms with Crippen LogP contribution in [0.3, 0.4) is 0 Å². The van der Waals surface area contributed by atoms with Gasteiger partial charge in [0.15, 0.2) is 0 Å². The van der Waals surface area contributed by atoms with Gasteiger partial charge in [0, 0.05) is 29.9 Å². The zero-order chi connectivity index (χ0) is 20.0. The third kappa shape index (κ3) is 4.16. The van der Waals surface area contributed by atoms with Crippen molar-refractivity contribution < 1.29 is 18.7 Å². The minimum atomic E-state index is -1.62. The number of carbonyl (C=O) groups is 1. The molecule has 1 aliphatic rings. The van der Waals surface area contributed by atoms with Gasteiger partial charge in [-0.3, -0.25) is 0 Å². The summed E-state index contributed by atoms with van der Waals surface area (Å²) < 4.78 is 17.2. The number of unbranched alkanes of at least 4 members (excludes halogenated alkanes) is 3. The molecule has 0 saturated heterocycles. The number of fused-ring (bicyclic) bond motifs is 3. The molecule has 0 aliphatic heterocycles. The Hall–Kier alpha value is -2.48. The molecule has 1 aromatic heterocycles. The van der Waals surface area contributed by atoms with E-state index in [0.717, 1.165) is 61.7 Å². The van der Waals surface area contributed by atoms with Gasteiger partial charge in [-0.2, -0.15) is 5.26 Å².